The summed E-state index contributed by atoms with van der Waals surface area (Å²) in [7, 11) is 1.63. The number of rotatable bonds is 3. The maximum atomic E-state index is 13.3. The number of benzene rings is 1. The van der Waals surface area contributed by atoms with E-state index in [-0.39, 0.29) is 5.56 Å². The second-order valence-corrected chi connectivity index (χ2v) is 5.58. The maximum absolute atomic E-state index is 13.3. The molecule has 4 nitrogen and oxygen atoms in total. The van der Waals surface area contributed by atoms with Crippen LogP contribution in [0.2, 0.25) is 0 Å². The molecule has 6 heteroatoms. The summed E-state index contributed by atoms with van der Waals surface area (Å²) < 4.78 is 14.3. The summed E-state index contributed by atoms with van der Waals surface area (Å²) in [5.41, 5.74) is 2.73. The van der Waals surface area contributed by atoms with Crippen LogP contribution < -0.4 is 10.6 Å². The molecule has 1 aromatic heterocycles. The number of aryl methyl sites for hydroxylation is 2. The Morgan fingerprint density at radius 1 is 1.24 bits per heavy atom. The summed E-state index contributed by atoms with van der Waals surface area (Å²) in [5.74, 6) is -0.621. The number of hydrogen-bond donors (Lipinski definition) is 2. The quantitative estimate of drug-likeness (QED) is 0.881. The largest absolute Gasteiger partial charge is 0.372 e. The van der Waals surface area contributed by atoms with Gasteiger partial charge in [-0.05, 0) is 43.2 Å². The van der Waals surface area contributed by atoms with Gasteiger partial charge in [0.25, 0.3) is 5.91 Å². The highest BCUT2D eigenvalue weighted by Gasteiger charge is 2.15. The van der Waals surface area contributed by atoms with Crippen molar-refractivity contribution in [2.75, 3.05) is 17.7 Å². The lowest BCUT2D eigenvalue weighted by Gasteiger charge is -2.14. The van der Waals surface area contributed by atoms with E-state index in [9.17, 15) is 9.18 Å². The third kappa shape index (κ3) is 3.39. The Bertz CT molecular complexity index is 680. The molecule has 2 aromatic rings. The molecule has 0 unspecified atom stereocenters. The van der Waals surface area contributed by atoms with Crippen LogP contribution in [0.3, 0.4) is 0 Å². The van der Waals surface area contributed by atoms with E-state index in [0.29, 0.717) is 5.82 Å². The molecule has 0 aliphatic carbocycles. The first kappa shape index (κ1) is 15.4. The van der Waals surface area contributed by atoms with Crippen molar-refractivity contribution in [3.05, 3.63) is 51.4 Å². The number of carbonyl (C=O) groups excluding carboxylic acids is 1. The molecule has 0 bridgehead atoms. The first-order chi connectivity index (χ1) is 9.92. The zero-order valence-corrected chi connectivity index (χ0v) is 13.5. The van der Waals surface area contributed by atoms with E-state index >= 15 is 0 Å². The summed E-state index contributed by atoms with van der Waals surface area (Å²) in [6, 6.07) is 4.98. The second-order valence-electron chi connectivity index (χ2n) is 4.67. The van der Waals surface area contributed by atoms with E-state index in [0.717, 1.165) is 33.6 Å². The maximum Gasteiger partial charge on any atom is 0.259 e. The van der Waals surface area contributed by atoms with Gasteiger partial charge in [0.2, 0.25) is 0 Å². The van der Waals surface area contributed by atoms with Gasteiger partial charge in [-0.2, -0.15) is 0 Å². The molecule has 0 aliphatic heterocycles. The second kappa shape index (κ2) is 6.22. The van der Waals surface area contributed by atoms with Crippen molar-refractivity contribution in [2.45, 2.75) is 13.8 Å². The van der Waals surface area contributed by atoms with Crippen molar-refractivity contribution in [3.8, 4) is 0 Å². The van der Waals surface area contributed by atoms with E-state index in [4.69, 9.17) is 0 Å². The van der Waals surface area contributed by atoms with Gasteiger partial charge in [0.05, 0.1) is 11.8 Å². The number of pyridine rings is 1. The molecule has 0 radical (unpaired) electrons. The van der Waals surface area contributed by atoms with Crippen molar-refractivity contribution in [1.82, 2.24) is 4.98 Å². The van der Waals surface area contributed by atoms with Crippen LogP contribution in [0.25, 0.3) is 0 Å². The van der Waals surface area contributed by atoms with Crippen molar-refractivity contribution >= 4 is 33.3 Å². The fourth-order valence-corrected chi connectivity index (χ4v) is 2.79. The summed E-state index contributed by atoms with van der Waals surface area (Å²) in [6.07, 6.45) is 1.07. The molecule has 0 atom stereocenters. The molecule has 2 rings (SSSR count). The minimum atomic E-state index is -0.552. The topological polar surface area (TPSA) is 54.0 Å². The molecule has 1 aromatic carbocycles. The first-order valence-corrected chi connectivity index (χ1v) is 7.13. The third-order valence-electron chi connectivity index (χ3n) is 3.07. The van der Waals surface area contributed by atoms with Gasteiger partial charge in [0, 0.05) is 17.2 Å². The van der Waals surface area contributed by atoms with Gasteiger partial charge in [-0.15, -0.1) is 0 Å². The number of halogens is 2. The number of carbonyl (C=O) groups is 1. The molecule has 1 amide bonds. The number of hydrogen-bond acceptors (Lipinski definition) is 3. The lowest BCUT2D eigenvalue weighted by Crippen LogP contribution is -2.16. The standard InChI is InChI=1S/C15H15BrFN3O/c1-8-4-10(16)5-9(2)13(8)20-15(21)12-6-11(17)7-19-14(12)18-3/h4-7H,1-3H3,(H,18,19)(H,20,21). The van der Waals surface area contributed by atoms with E-state index in [2.05, 4.69) is 31.5 Å². The number of anilines is 2. The number of nitrogens with zero attached hydrogens (tertiary/aromatic N) is 1. The SMILES string of the molecule is CNc1ncc(F)cc1C(=O)Nc1c(C)cc(Br)cc1C. The van der Waals surface area contributed by atoms with Gasteiger partial charge < -0.3 is 10.6 Å². The van der Waals surface area contributed by atoms with E-state index in [1.54, 1.807) is 7.05 Å². The average Bonchev–Trinajstić information content (AvgIpc) is 2.42. The van der Waals surface area contributed by atoms with Crippen LogP contribution in [-0.2, 0) is 0 Å². The molecule has 0 fully saturated rings. The van der Waals surface area contributed by atoms with Crippen molar-refractivity contribution < 1.29 is 9.18 Å². The average molecular weight is 352 g/mol. The minimum absolute atomic E-state index is 0.166. The monoisotopic (exact) mass is 351 g/mol. The predicted octanol–water partition coefficient (Wildman–Crippen LogP) is 3.89. The highest BCUT2D eigenvalue weighted by Crippen LogP contribution is 2.26. The zero-order chi connectivity index (χ0) is 15.6. The Morgan fingerprint density at radius 3 is 2.43 bits per heavy atom. The minimum Gasteiger partial charge on any atom is -0.372 e. The van der Waals surface area contributed by atoms with Gasteiger partial charge in [-0.3, -0.25) is 4.79 Å². The van der Waals surface area contributed by atoms with Gasteiger partial charge in [-0.1, -0.05) is 15.9 Å². The molecule has 21 heavy (non-hydrogen) atoms. The Morgan fingerprint density at radius 2 is 1.86 bits per heavy atom. The smallest absolute Gasteiger partial charge is 0.259 e. The fraction of sp³-hybridized carbons (Fsp3) is 0.200. The van der Waals surface area contributed by atoms with Crippen molar-refractivity contribution in [3.63, 3.8) is 0 Å². The van der Waals surface area contributed by atoms with E-state index in [1.165, 1.54) is 0 Å². The number of nitrogens with one attached hydrogen (secondary N) is 2. The molecule has 0 saturated carbocycles. The van der Waals surface area contributed by atoms with Gasteiger partial charge >= 0.3 is 0 Å². The number of amides is 1. The number of aromatic nitrogens is 1. The van der Waals surface area contributed by atoms with Crippen LogP contribution in [0.15, 0.2) is 28.9 Å². The summed E-state index contributed by atoms with van der Waals surface area (Å²) in [4.78, 5) is 16.2. The molecule has 0 aliphatic rings. The third-order valence-corrected chi connectivity index (χ3v) is 3.53. The van der Waals surface area contributed by atoms with Crippen LogP contribution in [0.4, 0.5) is 15.9 Å². The van der Waals surface area contributed by atoms with Crippen LogP contribution in [0.5, 0.6) is 0 Å². The van der Waals surface area contributed by atoms with Crippen LogP contribution in [-0.4, -0.2) is 17.9 Å². The lowest BCUT2D eigenvalue weighted by atomic mass is 10.1. The van der Waals surface area contributed by atoms with Crippen LogP contribution >= 0.6 is 15.9 Å². The van der Waals surface area contributed by atoms with E-state index in [1.807, 2.05) is 26.0 Å². The Balaban J connectivity index is 2.37. The highest BCUT2D eigenvalue weighted by atomic mass is 79.9. The Hall–Kier alpha value is -1.95. The summed E-state index contributed by atoms with van der Waals surface area (Å²) >= 11 is 3.41. The molecular formula is C15H15BrFN3O. The summed E-state index contributed by atoms with van der Waals surface area (Å²) in [5, 5.41) is 5.60. The Labute approximate surface area is 130 Å². The predicted molar refractivity (Wildman–Crippen MR) is 85.3 cm³/mol. The van der Waals surface area contributed by atoms with Crippen molar-refractivity contribution in [1.29, 1.82) is 0 Å². The normalized spacial score (nSPS) is 10.3. The van der Waals surface area contributed by atoms with Crippen molar-refractivity contribution in [2.24, 2.45) is 0 Å². The summed E-state index contributed by atoms with van der Waals surface area (Å²) in [6.45, 7) is 3.80. The zero-order valence-electron chi connectivity index (χ0n) is 11.9. The molecule has 0 spiro atoms. The molecule has 110 valence electrons. The van der Waals surface area contributed by atoms with Gasteiger partial charge in [0.1, 0.15) is 11.6 Å². The van der Waals surface area contributed by atoms with E-state index < -0.39 is 11.7 Å². The molecule has 1 heterocycles. The first-order valence-electron chi connectivity index (χ1n) is 6.33. The molecule has 0 saturated heterocycles. The van der Waals surface area contributed by atoms with Crippen LogP contribution in [0.1, 0.15) is 21.5 Å². The van der Waals surface area contributed by atoms with Gasteiger partial charge in [-0.25, -0.2) is 9.37 Å². The van der Waals surface area contributed by atoms with Crippen LogP contribution in [0, 0.1) is 19.7 Å². The lowest BCUT2D eigenvalue weighted by molar-refractivity contribution is 0.102. The Kier molecular flexibility index (Phi) is 4.57. The molecular weight excluding hydrogens is 337 g/mol. The molecule has 2 N–H and O–H groups in total. The highest BCUT2D eigenvalue weighted by molar-refractivity contribution is 9.10. The fourth-order valence-electron chi connectivity index (χ4n) is 2.10. The van der Waals surface area contributed by atoms with Gasteiger partial charge in [0.15, 0.2) is 0 Å².